The van der Waals surface area contributed by atoms with Crippen molar-refractivity contribution < 1.29 is 14.7 Å². The van der Waals surface area contributed by atoms with Gasteiger partial charge in [-0.1, -0.05) is 12.1 Å². The Morgan fingerprint density at radius 1 is 1.12 bits per heavy atom. The van der Waals surface area contributed by atoms with Gasteiger partial charge in [0.15, 0.2) is 0 Å². The van der Waals surface area contributed by atoms with E-state index < -0.39 is 5.97 Å². The van der Waals surface area contributed by atoms with E-state index in [2.05, 4.69) is 14.9 Å². The van der Waals surface area contributed by atoms with Gasteiger partial charge in [0.05, 0.1) is 18.2 Å². The molecule has 1 aliphatic heterocycles. The number of nitrogens with zero attached hydrogens (tertiary/aromatic N) is 4. The van der Waals surface area contributed by atoms with Gasteiger partial charge in [0.2, 0.25) is 5.91 Å². The van der Waals surface area contributed by atoms with Crippen molar-refractivity contribution in [3.05, 3.63) is 54.0 Å². The quantitative estimate of drug-likeness (QED) is 0.904. The first kappa shape index (κ1) is 15.9. The van der Waals surface area contributed by atoms with Gasteiger partial charge in [-0.05, 0) is 17.7 Å². The van der Waals surface area contributed by atoms with E-state index in [0.29, 0.717) is 26.2 Å². The normalized spacial score (nSPS) is 14.5. The maximum atomic E-state index is 12.4. The van der Waals surface area contributed by atoms with E-state index in [9.17, 15) is 9.59 Å². The monoisotopic (exact) mass is 326 g/mol. The fourth-order valence-corrected chi connectivity index (χ4v) is 2.74. The number of rotatable bonds is 4. The first-order valence-electron chi connectivity index (χ1n) is 7.74. The highest BCUT2D eigenvalue weighted by Gasteiger charge is 2.22. The van der Waals surface area contributed by atoms with Crippen molar-refractivity contribution in [3.63, 3.8) is 0 Å². The van der Waals surface area contributed by atoms with Crippen LogP contribution in [0.1, 0.15) is 15.9 Å². The van der Waals surface area contributed by atoms with Crippen LogP contribution in [-0.2, 0) is 11.2 Å². The second-order valence-corrected chi connectivity index (χ2v) is 5.61. The SMILES string of the molecule is O=C(O)c1cccc(CC(=O)N2CCN(c3cnccn3)CC2)c1. The van der Waals surface area contributed by atoms with Crippen molar-refractivity contribution in [3.8, 4) is 0 Å². The molecule has 1 aromatic heterocycles. The van der Waals surface area contributed by atoms with E-state index in [1.165, 1.54) is 6.07 Å². The Bertz CT molecular complexity index is 728. The van der Waals surface area contributed by atoms with Crippen LogP contribution in [0.5, 0.6) is 0 Å². The van der Waals surface area contributed by atoms with E-state index in [0.717, 1.165) is 11.4 Å². The smallest absolute Gasteiger partial charge is 0.335 e. The summed E-state index contributed by atoms with van der Waals surface area (Å²) in [6.07, 6.45) is 5.22. The standard InChI is InChI=1S/C17H18N4O3/c22-16(11-13-2-1-3-14(10-13)17(23)24)21-8-6-20(7-9-21)15-12-18-4-5-19-15/h1-5,10,12H,6-9,11H2,(H,23,24). The molecule has 2 aromatic rings. The Kier molecular flexibility index (Phi) is 4.69. The van der Waals surface area contributed by atoms with Crippen LogP contribution in [0.2, 0.25) is 0 Å². The van der Waals surface area contributed by atoms with Gasteiger partial charge in [-0.15, -0.1) is 0 Å². The van der Waals surface area contributed by atoms with Crippen LogP contribution in [0.3, 0.4) is 0 Å². The summed E-state index contributed by atoms with van der Waals surface area (Å²) >= 11 is 0. The number of piperazine rings is 1. The van der Waals surface area contributed by atoms with Gasteiger partial charge in [-0.3, -0.25) is 9.78 Å². The highest BCUT2D eigenvalue weighted by molar-refractivity contribution is 5.88. The first-order valence-corrected chi connectivity index (χ1v) is 7.74. The molecule has 1 fully saturated rings. The molecule has 1 aliphatic rings. The molecule has 0 radical (unpaired) electrons. The van der Waals surface area contributed by atoms with Crippen LogP contribution in [0, 0.1) is 0 Å². The third-order valence-electron chi connectivity index (χ3n) is 4.04. The average molecular weight is 326 g/mol. The molecule has 1 amide bonds. The van der Waals surface area contributed by atoms with Crippen molar-refractivity contribution in [1.82, 2.24) is 14.9 Å². The molecule has 1 N–H and O–H groups in total. The molecule has 0 atom stereocenters. The lowest BCUT2D eigenvalue weighted by Crippen LogP contribution is -2.49. The van der Waals surface area contributed by atoms with Gasteiger partial charge >= 0.3 is 5.97 Å². The number of hydrogen-bond acceptors (Lipinski definition) is 5. The van der Waals surface area contributed by atoms with Gasteiger partial charge in [-0.25, -0.2) is 9.78 Å². The number of hydrogen-bond donors (Lipinski definition) is 1. The maximum absolute atomic E-state index is 12.4. The zero-order valence-corrected chi connectivity index (χ0v) is 13.1. The molecule has 3 rings (SSSR count). The predicted octanol–water partition coefficient (Wildman–Crippen LogP) is 1.07. The van der Waals surface area contributed by atoms with Crippen LogP contribution in [0.4, 0.5) is 5.82 Å². The molecule has 1 saturated heterocycles. The second-order valence-electron chi connectivity index (χ2n) is 5.61. The number of carboxylic acids is 1. The van der Waals surface area contributed by atoms with Crippen LogP contribution in [0.25, 0.3) is 0 Å². The van der Waals surface area contributed by atoms with Crippen molar-refractivity contribution in [1.29, 1.82) is 0 Å². The Balaban J connectivity index is 1.57. The molecule has 0 bridgehead atoms. The molecular weight excluding hydrogens is 308 g/mol. The maximum Gasteiger partial charge on any atom is 0.335 e. The van der Waals surface area contributed by atoms with E-state index in [4.69, 9.17) is 5.11 Å². The number of aromatic carboxylic acids is 1. The van der Waals surface area contributed by atoms with Gasteiger partial charge in [0, 0.05) is 38.6 Å². The number of aromatic nitrogens is 2. The predicted molar refractivity (Wildman–Crippen MR) is 87.9 cm³/mol. The molecule has 2 heterocycles. The summed E-state index contributed by atoms with van der Waals surface area (Å²) in [5.74, 6) is -0.156. The molecule has 124 valence electrons. The topological polar surface area (TPSA) is 86.6 Å². The minimum absolute atomic E-state index is 0.0105. The lowest BCUT2D eigenvalue weighted by molar-refractivity contribution is -0.130. The number of benzene rings is 1. The van der Waals surface area contributed by atoms with Gasteiger partial charge in [0.25, 0.3) is 0 Å². The van der Waals surface area contributed by atoms with E-state index in [1.807, 2.05) is 0 Å². The number of carbonyl (C=O) groups excluding carboxylic acids is 1. The summed E-state index contributed by atoms with van der Waals surface area (Å²) in [7, 11) is 0. The number of amides is 1. The van der Waals surface area contributed by atoms with Crippen LogP contribution >= 0.6 is 0 Å². The zero-order valence-electron chi connectivity index (χ0n) is 13.1. The average Bonchev–Trinajstić information content (AvgIpc) is 2.63. The zero-order chi connectivity index (χ0) is 16.9. The largest absolute Gasteiger partial charge is 0.478 e. The van der Waals surface area contributed by atoms with Gasteiger partial charge in [-0.2, -0.15) is 0 Å². The third-order valence-corrected chi connectivity index (χ3v) is 4.04. The molecule has 0 spiro atoms. The van der Waals surface area contributed by atoms with Crippen molar-refractivity contribution in [2.45, 2.75) is 6.42 Å². The molecule has 7 nitrogen and oxygen atoms in total. The lowest BCUT2D eigenvalue weighted by atomic mass is 10.1. The van der Waals surface area contributed by atoms with Crippen molar-refractivity contribution in [2.24, 2.45) is 0 Å². The minimum atomic E-state index is -0.984. The van der Waals surface area contributed by atoms with Crippen molar-refractivity contribution >= 4 is 17.7 Å². The third kappa shape index (κ3) is 3.68. The van der Waals surface area contributed by atoms with Crippen LogP contribution < -0.4 is 4.90 Å². The Morgan fingerprint density at radius 3 is 2.58 bits per heavy atom. The summed E-state index contributed by atoms with van der Waals surface area (Å²) in [6, 6.07) is 6.52. The fraction of sp³-hybridized carbons (Fsp3) is 0.294. The molecule has 0 saturated carbocycles. The first-order chi connectivity index (χ1) is 11.6. The van der Waals surface area contributed by atoms with E-state index >= 15 is 0 Å². The summed E-state index contributed by atoms with van der Waals surface area (Å²) < 4.78 is 0. The molecule has 7 heteroatoms. The number of anilines is 1. The molecule has 1 aromatic carbocycles. The van der Waals surface area contributed by atoms with E-state index in [1.54, 1.807) is 41.7 Å². The van der Waals surface area contributed by atoms with Crippen LogP contribution in [0.15, 0.2) is 42.9 Å². The molecule has 0 aliphatic carbocycles. The molecule has 0 unspecified atom stereocenters. The Hall–Kier alpha value is -2.96. The number of carbonyl (C=O) groups is 2. The summed E-state index contributed by atoms with van der Waals surface area (Å²) in [5, 5.41) is 9.02. The Labute approximate surface area is 139 Å². The minimum Gasteiger partial charge on any atom is -0.478 e. The summed E-state index contributed by atoms with van der Waals surface area (Å²) in [6.45, 7) is 2.65. The molecule has 24 heavy (non-hydrogen) atoms. The summed E-state index contributed by atoms with van der Waals surface area (Å²) in [5.41, 5.74) is 0.920. The second kappa shape index (κ2) is 7.08. The van der Waals surface area contributed by atoms with Crippen LogP contribution in [-0.4, -0.2) is 58.0 Å². The van der Waals surface area contributed by atoms with E-state index in [-0.39, 0.29) is 17.9 Å². The van der Waals surface area contributed by atoms with Crippen molar-refractivity contribution in [2.75, 3.05) is 31.1 Å². The fourth-order valence-electron chi connectivity index (χ4n) is 2.74. The molecular formula is C17H18N4O3. The summed E-state index contributed by atoms with van der Waals surface area (Å²) in [4.78, 5) is 35.7. The number of carboxylic acid groups (broad SMARTS) is 1. The van der Waals surface area contributed by atoms with Gasteiger partial charge in [0.1, 0.15) is 5.82 Å². The van der Waals surface area contributed by atoms with Gasteiger partial charge < -0.3 is 14.9 Å². The lowest BCUT2D eigenvalue weighted by Gasteiger charge is -2.35. The highest BCUT2D eigenvalue weighted by Crippen LogP contribution is 2.13. The highest BCUT2D eigenvalue weighted by atomic mass is 16.4. The Morgan fingerprint density at radius 2 is 1.92 bits per heavy atom.